The number of carbonyl (C=O) groups is 1. The molecule has 1 aliphatic heterocycles. The van der Waals surface area contributed by atoms with E-state index in [1.54, 1.807) is 6.07 Å². The fraction of sp³-hybridized carbons (Fsp3) is 0.562. The van der Waals surface area contributed by atoms with Crippen molar-refractivity contribution >= 4 is 24.2 Å². The minimum atomic E-state index is -0.495. The van der Waals surface area contributed by atoms with Crippen molar-refractivity contribution in [2.45, 2.75) is 52.2 Å². The molecule has 5 nitrogen and oxygen atoms in total. The molecule has 120 valence electrons. The van der Waals surface area contributed by atoms with Crippen LogP contribution >= 0.6 is 0 Å². The monoisotopic (exact) mass is 305 g/mol. The lowest BCUT2D eigenvalue weighted by molar-refractivity contribution is -0.139. The molecule has 2 rings (SSSR count). The van der Waals surface area contributed by atoms with Gasteiger partial charge in [0.2, 0.25) is 0 Å². The van der Waals surface area contributed by atoms with E-state index in [4.69, 9.17) is 19.8 Å². The fourth-order valence-electron chi connectivity index (χ4n) is 2.45. The average Bonchev–Trinajstić information content (AvgIpc) is 2.62. The van der Waals surface area contributed by atoms with Crippen molar-refractivity contribution in [3.8, 4) is 0 Å². The van der Waals surface area contributed by atoms with E-state index in [2.05, 4.69) is 0 Å². The summed E-state index contributed by atoms with van der Waals surface area (Å²) < 4.78 is 16.9. The van der Waals surface area contributed by atoms with Crippen LogP contribution in [0.2, 0.25) is 0 Å². The molecule has 1 aromatic rings. The smallest absolute Gasteiger partial charge is 0.469 e. The molecule has 0 aromatic heterocycles. The number of hydrogen-bond acceptors (Lipinski definition) is 5. The topological polar surface area (TPSA) is 70.8 Å². The predicted molar refractivity (Wildman–Crippen MR) is 87.0 cm³/mol. The first-order valence-electron chi connectivity index (χ1n) is 7.39. The Balaban J connectivity index is 2.39. The van der Waals surface area contributed by atoms with E-state index in [0.717, 1.165) is 16.6 Å². The molecular formula is C16H24BNO4. The molecule has 22 heavy (non-hydrogen) atoms. The van der Waals surface area contributed by atoms with Gasteiger partial charge in [-0.1, -0.05) is 0 Å². The number of esters is 1. The Kier molecular flexibility index (Phi) is 4.28. The lowest BCUT2D eigenvalue weighted by atomic mass is 9.74. The zero-order chi connectivity index (χ0) is 16.7. The lowest BCUT2D eigenvalue weighted by Gasteiger charge is -2.32. The molecular weight excluding hydrogens is 281 g/mol. The highest BCUT2D eigenvalue weighted by atomic mass is 16.7. The molecule has 1 fully saturated rings. The molecule has 0 aliphatic carbocycles. The van der Waals surface area contributed by atoms with Gasteiger partial charge in [-0.25, -0.2) is 0 Å². The van der Waals surface area contributed by atoms with Crippen LogP contribution in [0.3, 0.4) is 0 Å². The molecule has 0 spiro atoms. The van der Waals surface area contributed by atoms with Crippen molar-refractivity contribution in [3.63, 3.8) is 0 Å². The van der Waals surface area contributed by atoms with Crippen molar-refractivity contribution in [1.82, 2.24) is 0 Å². The molecule has 2 N–H and O–H groups in total. The summed E-state index contributed by atoms with van der Waals surface area (Å²) in [5.74, 6) is -0.298. The summed E-state index contributed by atoms with van der Waals surface area (Å²) in [5, 5.41) is 0. The number of benzene rings is 1. The Hall–Kier alpha value is -1.53. The van der Waals surface area contributed by atoms with Gasteiger partial charge in [-0.05, 0) is 63.3 Å². The quantitative estimate of drug-likeness (QED) is 0.522. The van der Waals surface area contributed by atoms with Crippen LogP contribution in [-0.2, 0) is 25.3 Å². The van der Waals surface area contributed by atoms with E-state index < -0.39 is 18.3 Å². The largest absolute Gasteiger partial charge is 0.495 e. The number of methoxy groups -OCH3 is 1. The number of carbonyl (C=O) groups excluding carboxylic acids is 1. The standard InChI is InChI=1S/C16H24BNO4/c1-10-11(8-14(19)20-6)7-12(18)9-13(10)17-21-15(2,3)16(4,5)22-17/h7,9H,8,18H2,1-6H3. The van der Waals surface area contributed by atoms with E-state index in [0.29, 0.717) is 5.69 Å². The Morgan fingerprint density at radius 2 is 1.77 bits per heavy atom. The molecule has 1 aromatic carbocycles. The Bertz CT molecular complexity index is 582. The van der Waals surface area contributed by atoms with Crippen molar-refractivity contribution < 1.29 is 18.8 Å². The van der Waals surface area contributed by atoms with Crippen LogP contribution in [0.15, 0.2) is 12.1 Å². The first kappa shape index (κ1) is 16.8. The van der Waals surface area contributed by atoms with Gasteiger partial charge in [-0.15, -0.1) is 0 Å². The third-order valence-electron chi connectivity index (χ3n) is 4.65. The van der Waals surface area contributed by atoms with Crippen LogP contribution in [0.25, 0.3) is 0 Å². The lowest BCUT2D eigenvalue weighted by Crippen LogP contribution is -2.41. The van der Waals surface area contributed by atoms with Crippen LogP contribution in [0.4, 0.5) is 5.69 Å². The molecule has 0 bridgehead atoms. The average molecular weight is 305 g/mol. The van der Waals surface area contributed by atoms with Crippen LogP contribution in [0, 0.1) is 6.92 Å². The fourth-order valence-corrected chi connectivity index (χ4v) is 2.45. The maximum atomic E-state index is 11.6. The third kappa shape index (κ3) is 2.98. The summed E-state index contributed by atoms with van der Waals surface area (Å²) in [4.78, 5) is 11.6. The van der Waals surface area contributed by atoms with Gasteiger partial charge in [0.1, 0.15) is 0 Å². The number of hydrogen-bond donors (Lipinski definition) is 1. The highest BCUT2D eigenvalue weighted by Gasteiger charge is 2.52. The minimum absolute atomic E-state index is 0.180. The Morgan fingerprint density at radius 3 is 2.27 bits per heavy atom. The Morgan fingerprint density at radius 1 is 1.23 bits per heavy atom. The first-order chi connectivity index (χ1) is 10.1. The highest BCUT2D eigenvalue weighted by molar-refractivity contribution is 6.62. The first-order valence-corrected chi connectivity index (χ1v) is 7.39. The van der Waals surface area contributed by atoms with Crippen LogP contribution in [-0.4, -0.2) is 31.4 Å². The van der Waals surface area contributed by atoms with E-state index in [1.807, 2.05) is 40.7 Å². The third-order valence-corrected chi connectivity index (χ3v) is 4.65. The second-order valence-corrected chi connectivity index (χ2v) is 6.74. The van der Waals surface area contributed by atoms with Gasteiger partial charge < -0.3 is 19.8 Å². The number of anilines is 1. The van der Waals surface area contributed by atoms with Gasteiger partial charge in [0.05, 0.1) is 24.7 Å². The molecule has 6 heteroatoms. The van der Waals surface area contributed by atoms with E-state index >= 15 is 0 Å². The summed E-state index contributed by atoms with van der Waals surface area (Å²) in [6.07, 6.45) is 0.180. The van der Waals surface area contributed by atoms with Crippen molar-refractivity contribution in [2.24, 2.45) is 0 Å². The van der Waals surface area contributed by atoms with Crippen molar-refractivity contribution in [3.05, 3.63) is 23.3 Å². The molecule has 0 saturated carbocycles. The summed E-state index contributed by atoms with van der Waals surface area (Å²) >= 11 is 0. The number of nitrogens with two attached hydrogens (primary N) is 1. The normalized spacial score (nSPS) is 19.3. The second kappa shape index (κ2) is 5.59. The van der Waals surface area contributed by atoms with Gasteiger partial charge in [0.15, 0.2) is 0 Å². The number of rotatable bonds is 3. The molecule has 0 atom stereocenters. The molecule has 0 amide bonds. The zero-order valence-corrected chi connectivity index (χ0v) is 14.1. The SMILES string of the molecule is COC(=O)Cc1cc(N)cc(B2OC(C)(C)C(C)(C)O2)c1C. The maximum Gasteiger partial charge on any atom is 0.495 e. The predicted octanol–water partition coefficient (Wildman–Crippen LogP) is 1.59. The van der Waals surface area contributed by atoms with Crippen LogP contribution in [0.1, 0.15) is 38.8 Å². The summed E-state index contributed by atoms with van der Waals surface area (Å²) in [6.45, 7) is 9.96. The molecule has 0 radical (unpaired) electrons. The second-order valence-electron chi connectivity index (χ2n) is 6.74. The van der Waals surface area contributed by atoms with Crippen molar-refractivity contribution in [2.75, 3.05) is 12.8 Å². The minimum Gasteiger partial charge on any atom is -0.469 e. The summed E-state index contributed by atoms with van der Waals surface area (Å²) in [7, 11) is 0.879. The summed E-state index contributed by atoms with van der Waals surface area (Å²) in [6, 6.07) is 3.64. The van der Waals surface area contributed by atoms with Crippen molar-refractivity contribution in [1.29, 1.82) is 0 Å². The highest BCUT2D eigenvalue weighted by Crippen LogP contribution is 2.37. The van der Waals surface area contributed by atoms with Gasteiger partial charge >= 0.3 is 13.1 Å². The van der Waals surface area contributed by atoms with E-state index in [1.165, 1.54) is 7.11 Å². The Labute approximate surface area is 132 Å². The van der Waals surface area contributed by atoms with Gasteiger partial charge in [0.25, 0.3) is 0 Å². The van der Waals surface area contributed by atoms with Crippen LogP contribution < -0.4 is 11.2 Å². The zero-order valence-electron chi connectivity index (χ0n) is 14.1. The molecule has 1 saturated heterocycles. The van der Waals surface area contributed by atoms with E-state index in [9.17, 15) is 4.79 Å². The number of nitrogen functional groups attached to an aromatic ring is 1. The summed E-state index contributed by atoms with van der Waals surface area (Å²) in [5.41, 5.74) is 8.36. The van der Waals surface area contributed by atoms with E-state index in [-0.39, 0.29) is 12.4 Å². The van der Waals surface area contributed by atoms with Gasteiger partial charge in [-0.2, -0.15) is 0 Å². The molecule has 0 unspecified atom stereocenters. The molecule has 1 aliphatic rings. The van der Waals surface area contributed by atoms with Gasteiger partial charge in [0, 0.05) is 5.69 Å². The molecule has 1 heterocycles. The van der Waals surface area contributed by atoms with Gasteiger partial charge in [-0.3, -0.25) is 4.79 Å². The van der Waals surface area contributed by atoms with Crippen LogP contribution in [0.5, 0.6) is 0 Å². The number of ether oxygens (including phenoxy) is 1. The maximum absolute atomic E-state index is 11.6.